The Morgan fingerprint density at radius 3 is 3.06 bits per heavy atom. The minimum atomic E-state index is -0.287. The third kappa shape index (κ3) is 2.03. The van der Waals surface area contributed by atoms with Gasteiger partial charge in [0.25, 0.3) is 0 Å². The maximum Gasteiger partial charge on any atom is 0.130 e. The van der Waals surface area contributed by atoms with Crippen molar-refractivity contribution in [3.63, 3.8) is 0 Å². The second kappa shape index (κ2) is 4.73. The topological polar surface area (TPSA) is 29.5 Å². The van der Waals surface area contributed by atoms with Gasteiger partial charge in [0.05, 0.1) is 12.0 Å². The van der Waals surface area contributed by atoms with E-state index in [0.29, 0.717) is 13.2 Å². The zero-order valence-electron chi connectivity index (χ0n) is 10.6. The minimum Gasteiger partial charge on any atom is -0.380 e. The summed E-state index contributed by atoms with van der Waals surface area (Å²) in [5.74, 6) is 0. The number of aldehydes is 1. The molecule has 3 nitrogen and oxygen atoms in total. The van der Waals surface area contributed by atoms with Crippen molar-refractivity contribution in [1.82, 2.24) is 0 Å². The normalized spacial score (nSPS) is 27.0. The summed E-state index contributed by atoms with van der Waals surface area (Å²) in [4.78, 5) is 13.8. The van der Waals surface area contributed by atoms with Gasteiger partial charge in [-0.2, -0.15) is 0 Å². The standard InChI is InChI=1S/C15H19NO2/c17-11-15(7-9-18-12-15)10-16-8-3-5-13-4-1-2-6-14(13)16/h1-2,4,6,11H,3,5,7-10,12H2. The van der Waals surface area contributed by atoms with Crippen LogP contribution in [0.4, 0.5) is 5.69 Å². The Morgan fingerprint density at radius 1 is 1.39 bits per heavy atom. The predicted molar refractivity (Wildman–Crippen MR) is 70.9 cm³/mol. The van der Waals surface area contributed by atoms with Gasteiger partial charge in [-0.25, -0.2) is 0 Å². The molecule has 1 atom stereocenters. The summed E-state index contributed by atoms with van der Waals surface area (Å²) in [5.41, 5.74) is 2.42. The molecule has 0 radical (unpaired) electrons. The Hall–Kier alpha value is -1.35. The lowest BCUT2D eigenvalue weighted by molar-refractivity contribution is -0.115. The molecule has 1 fully saturated rings. The van der Waals surface area contributed by atoms with Crippen LogP contribution in [0.25, 0.3) is 0 Å². The summed E-state index contributed by atoms with van der Waals surface area (Å²) in [5, 5.41) is 0. The number of para-hydroxylation sites is 1. The first-order valence-electron chi connectivity index (χ1n) is 6.70. The number of carbonyl (C=O) groups excluding carboxylic acids is 1. The number of ether oxygens (including phenoxy) is 1. The molecule has 1 saturated heterocycles. The summed E-state index contributed by atoms with van der Waals surface area (Å²) in [6.45, 7) is 3.14. The molecule has 3 heteroatoms. The molecule has 2 aliphatic rings. The monoisotopic (exact) mass is 245 g/mol. The molecule has 1 aromatic carbocycles. The molecule has 0 amide bonds. The highest BCUT2D eigenvalue weighted by Gasteiger charge is 2.37. The van der Waals surface area contributed by atoms with Gasteiger partial charge in [0, 0.05) is 25.4 Å². The van der Waals surface area contributed by atoms with Crippen LogP contribution in [0.1, 0.15) is 18.4 Å². The van der Waals surface area contributed by atoms with Gasteiger partial charge in [-0.3, -0.25) is 0 Å². The van der Waals surface area contributed by atoms with Gasteiger partial charge in [-0.1, -0.05) is 18.2 Å². The van der Waals surface area contributed by atoms with Crippen molar-refractivity contribution in [1.29, 1.82) is 0 Å². The van der Waals surface area contributed by atoms with Crippen molar-refractivity contribution in [3.05, 3.63) is 29.8 Å². The Morgan fingerprint density at radius 2 is 2.28 bits per heavy atom. The number of hydrogen-bond donors (Lipinski definition) is 0. The highest BCUT2D eigenvalue weighted by Crippen LogP contribution is 2.33. The van der Waals surface area contributed by atoms with Gasteiger partial charge >= 0.3 is 0 Å². The first-order chi connectivity index (χ1) is 8.83. The van der Waals surface area contributed by atoms with Crippen LogP contribution < -0.4 is 4.90 Å². The Bertz CT molecular complexity index is 438. The molecule has 3 rings (SSSR count). The van der Waals surface area contributed by atoms with Crippen LogP contribution in [0, 0.1) is 5.41 Å². The molecule has 0 bridgehead atoms. The maximum atomic E-state index is 11.4. The van der Waals surface area contributed by atoms with E-state index in [0.717, 1.165) is 32.2 Å². The van der Waals surface area contributed by atoms with Gasteiger partial charge in [-0.15, -0.1) is 0 Å². The van der Waals surface area contributed by atoms with Crippen LogP contribution in [-0.2, 0) is 16.0 Å². The van der Waals surface area contributed by atoms with Crippen LogP contribution in [0.15, 0.2) is 24.3 Å². The summed E-state index contributed by atoms with van der Waals surface area (Å²) in [7, 11) is 0. The van der Waals surface area contributed by atoms with Crippen molar-refractivity contribution >= 4 is 12.0 Å². The van der Waals surface area contributed by atoms with E-state index in [9.17, 15) is 4.79 Å². The van der Waals surface area contributed by atoms with Crippen LogP contribution in [0.3, 0.4) is 0 Å². The SMILES string of the molecule is O=CC1(CN2CCCc3ccccc32)CCOC1. The molecule has 96 valence electrons. The quantitative estimate of drug-likeness (QED) is 0.763. The van der Waals surface area contributed by atoms with E-state index < -0.39 is 0 Å². The van der Waals surface area contributed by atoms with Crippen molar-refractivity contribution in [2.75, 3.05) is 31.2 Å². The van der Waals surface area contributed by atoms with E-state index in [1.54, 1.807) is 0 Å². The fraction of sp³-hybridized carbons (Fsp3) is 0.533. The molecule has 0 saturated carbocycles. The largest absolute Gasteiger partial charge is 0.380 e. The van der Waals surface area contributed by atoms with E-state index >= 15 is 0 Å². The fourth-order valence-corrected chi connectivity index (χ4v) is 3.03. The number of benzene rings is 1. The zero-order valence-corrected chi connectivity index (χ0v) is 10.6. The molecule has 18 heavy (non-hydrogen) atoms. The number of rotatable bonds is 3. The van der Waals surface area contributed by atoms with E-state index in [1.165, 1.54) is 17.7 Å². The summed E-state index contributed by atoms with van der Waals surface area (Å²) in [6, 6.07) is 8.54. The van der Waals surface area contributed by atoms with Gasteiger partial charge in [-0.05, 0) is 30.9 Å². The molecular weight excluding hydrogens is 226 g/mol. The summed E-state index contributed by atoms with van der Waals surface area (Å²) < 4.78 is 5.42. The molecule has 2 aliphatic heterocycles. The second-order valence-corrected chi connectivity index (χ2v) is 5.44. The first-order valence-corrected chi connectivity index (χ1v) is 6.70. The lowest BCUT2D eigenvalue weighted by Crippen LogP contribution is -2.41. The third-order valence-electron chi connectivity index (χ3n) is 4.10. The highest BCUT2D eigenvalue weighted by atomic mass is 16.5. The van der Waals surface area contributed by atoms with Crippen LogP contribution >= 0.6 is 0 Å². The number of anilines is 1. The van der Waals surface area contributed by atoms with Crippen molar-refractivity contribution in [2.24, 2.45) is 5.41 Å². The van der Waals surface area contributed by atoms with Crippen molar-refractivity contribution < 1.29 is 9.53 Å². The number of hydrogen-bond acceptors (Lipinski definition) is 3. The van der Waals surface area contributed by atoms with Crippen LogP contribution in [-0.4, -0.2) is 32.6 Å². The average molecular weight is 245 g/mol. The Balaban J connectivity index is 1.83. The molecule has 0 spiro atoms. The number of nitrogens with zero attached hydrogens (tertiary/aromatic N) is 1. The molecule has 2 heterocycles. The minimum absolute atomic E-state index is 0.287. The van der Waals surface area contributed by atoms with Gasteiger partial charge in [0.2, 0.25) is 0 Å². The van der Waals surface area contributed by atoms with Gasteiger partial charge < -0.3 is 14.4 Å². The molecule has 1 aromatic rings. The molecule has 0 aliphatic carbocycles. The molecule has 0 aromatic heterocycles. The fourth-order valence-electron chi connectivity index (χ4n) is 3.03. The predicted octanol–water partition coefficient (Wildman–Crippen LogP) is 2.04. The molecule has 0 N–H and O–H groups in total. The average Bonchev–Trinajstić information content (AvgIpc) is 2.88. The number of aryl methyl sites for hydroxylation is 1. The van der Waals surface area contributed by atoms with Gasteiger partial charge in [0.1, 0.15) is 6.29 Å². The zero-order chi connectivity index (χ0) is 12.4. The summed E-state index contributed by atoms with van der Waals surface area (Å²) in [6.07, 6.45) is 4.29. The third-order valence-corrected chi connectivity index (χ3v) is 4.10. The van der Waals surface area contributed by atoms with Crippen LogP contribution in [0.2, 0.25) is 0 Å². The second-order valence-electron chi connectivity index (χ2n) is 5.44. The number of carbonyl (C=O) groups is 1. The van der Waals surface area contributed by atoms with E-state index in [2.05, 4.69) is 29.2 Å². The highest BCUT2D eigenvalue weighted by molar-refractivity contribution is 5.64. The molecular formula is C15H19NO2. The van der Waals surface area contributed by atoms with Crippen LogP contribution in [0.5, 0.6) is 0 Å². The Kier molecular flexibility index (Phi) is 3.08. The molecule has 1 unspecified atom stereocenters. The van der Waals surface area contributed by atoms with Gasteiger partial charge in [0.15, 0.2) is 0 Å². The van der Waals surface area contributed by atoms with E-state index in [4.69, 9.17) is 4.74 Å². The lowest BCUT2D eigenvalue weighted by atomic mass is 9.87. The van der Waals surface area contributed by atoms with E-state index in [1.807, 2.05) is 0 Å². The lowest BCUT2D eigenvalue weighted by Gasteiger charge is -2.36. The van der Waals surface area contributed by atoms with E-state index in [-0.39, 0.29) is 5.41 Å². The summed E-state index contributed by atoms with van der Waals surface area (Å²) >= 11 is 0. The number of fused-ring (bicyclic) bond motifs is 1. The van der Waals surface area contributed by atoms with Crippen molar-refractivity contribution in [3.8, 4) is 0 Å². The Labute approximate surface area is 108 Å². The smallest absolute Gasteiger partial charge is 0.130 e. The van der Waals surface area contributed by atoms with Crippen molar-refractivity contribution in [2.45, 2.75) is 19.3 Å². The maximum absolute atomic E-state index is 11.4. The first kappa shape index (κ1) is 11.7.